The lowest BCUT2D eigenvalue weighted by atomic mass is 9.81. The molecular formula is C24H22N4O6S2. The van der Waals surface area contributed by atoms with E-state index in [4.69, 9.17) is 4.74 Å². The van der Waals surface area contributed by atoms with Crippen molar-refractivity contribution in [2.45, 2.75) is 30.0 Å². The van der Waals surface area contributed by atoms with Crippen molar-refractivity contribution in [3.63, 3.8) is 0 Å². The highest BCUT2D eigenvalue weighted by molar-refractivity contribution is 8.01. The molecular weight excluding hydrogens is 504 g/mol. The topological polar surface area (TPSA) is 132 Å². The summed E-state index contributed by atoms with van der Waals surface area (Å²) >= 11 is 2.56. The molecule has 1 N–H and O–H groups in total. The number of carbonyl (C=O) groups excluding carboxylic acids is 3. The summed E-state index contributed by atoms with van der Waals surface area (Å²) < 4.78 is 6.44. The third kappa shape index (κ3) is 4.53. The number of methoxy groups -OCH3 is 1. The van der Waals surface area contributed by atoms with Gasteiger partial charge in [0.05, 0.1) is 51.6 Å². The number of nitro benzene ring substituents is 1. The zero-order valence-corrected chi connectivity index (χ0v) is 20.9. The Morgan fingerprint density at radius 2 is 1.92 bits per heavy atom. The summed E-state index contributed by atoms with van der Waals surface area (Å²) in [6, 6.07) is 9.51. The van der Waals surface area contributed by atoms with Gasteiger partial charge in [-0.3, -0.25) is 29.4 Å². The largest absolute Gasteiger partial charge is 0.496 e. The number of thioether (sulfide) groups is 1. The van der Waals surface area contributed by atoms with Crippen LogP contribution in [0.5, 0.6) is 5.75 Å². The first-order valence-electron chi connectivity index (χ1n) is 11.4. The van der Waals surface area contributed by atoms with Crippen LogP contribution in [0, 0.1) is 22.0 Å². The van der Waals surface area contributed by atoms with Gasteiger partial charge in [0, 0.05) is 0 Å². The molecule has 1 saturated carbocycles. The molecule has 5 rings (SSSR count). The number of nitrogens with one attached hydrogen (secondary N) is 1. The van der Waals surface area contributed by atoms with Crippen molar-refractivity contribution < 1.29 is 24.0 Å². The van der Waals surface area contributed by atoms with Crippen LogP contribution < -0.4 is 15.0 Å². The predicted octanol–water partition coefficient (Wildman–Crippen LogP) is 4.62. The molecule has 2 aliphatic rings. The molecule has 1 aliphatic heterocycles. The zero-order chi connectivity index (χ0) is 25.4. The lowest BCUT2D eigenvalue weighted by Gasteiger charge is -2.19. The minimum absolute atomic E-state index is 0.00230. The smallest absolute Gasteiger partial charge is 0.296 e. The molecule has 0 radical (unpaired) electrons. The van der Waals surface area contributed by atoms with Crippen molar-refractivity contribution in [1.29, 1.82) is 0 Å². The Labute approximate surface area is 214 Å². The summed E-state index contributed by atoms with van der Waals surface area (Å²) in [5.74, 6) is -0.755. The van der Waals surface area contributed by atoms with Crippen LogP contribution in [0.2, 0.25) is 0 Å². The van der Waals surface area contributed by atoms with Gasteiger partial charge in [-0.15, -0.1) is 11.3 Å². The number of hydrogen-bond donors (Lipinski definition) is 1. The van der Waals surface area contributed by atoms with Crippen LogP contribution in [0.4, 0.5) is 17.1 Å². The van der Waals surface area contributed by atoms with E-state index in [0.29, 0.717) is 21.3 Å². The van der Waals surface area contributed by atoms with Crippen LogP contribution in [0.15, 0.2) is 40.7 Å². The van der Waals surface area contributed by atoms with Crippen LogP contribution in [-0.2, 0) is 14.4 Å². The highest BCUT2D eigenvalue weighted by Gasteiger charge is 2.48. The van der Waals surface area contributed by atoms with Crippen LogP contribution in [0.25, 0.3) is 10.2 Å². The van der Waals surface area contributed by atoms with Crippen LogP contribution in [0.1, 0.15) is 25.7 Å². The maximum atomic E-state index is 12.9. The fourth-order valence-corrected chi connectivity index (χ4v) is 6.62. The molecule has 0 spiro atoms. The summed E-state index contributed by atoms with van der Waals surface area (Å²) in [5, 5.41) is 13.9. The van der Waals surface area contributed by atoms with E-state index >= 15 is 0 Å². The minimum Gasteiger partial charge on any atom is -0.496 e. The second-order valence-corrected chi connectivity index (χ2v) is 10.9. The molecule has 2 heterocycles. The molecule has 12 heteroatoms. The quantitative estimate of drug-likeness (QED) is 0.204. The number of benzene rings is 2. The number of imide groups is 1. The number of ether oxygens (including phenoxy) is 1. The Balaban J connectivity index is 1.27. The van der Waals surface area contributed by atoms with Gasteiger partial charge in [0.1, 0.15) is 11.4 Å². The summed E-state index contributed by atoms with van der Waals surface area (Å²) in [6.45, 7) is 0. The van der Waals surface area contributed by atoms with E-state index in [0.717, 1.165) is 30.4 Å². The third-order valence-corrected chi connectivity index (χ3v) is 8.62. The molecule has 2 atom stereocenters. The normalized spacial score (nSPS) is 19.4. The van der Waals surface area contributed by atoms with Gasteiger partial charge >= 0.3 is 0 Å². The first kappa shape index (κ1) is 24.2. The van der Waals surface area contributed by atoms with Gasteiger partial charge in [-0.05, 0) is 43.2 Å². The fraction of sp³-hybridized carbons (Fsp3) is 0.333. The molecule has 1 saturated heterocycles. The first-order chi connectivity index (χ1) is 17.4. The number of nitro groups is 1. The summed E-state index contributed by atoms with van der Waals surface area (Å²) in [4.78, 5) is 54.9. The molecule has 1 aromatic heterocycles. The van der Waals surface area contributed by atoms with E-state index in [1.54, 1.807) is 18.2 Å². The number of rotatable bonds is 7. The first-order valence-corrected chi connectivity index (χ1v) is 13.2. The molecule has 10 nitrogen and oxygen atoms in total. The monoisotopic (exact) mass is 526 g/mol. The van der Waals surface area contributed by atoms with Crippen molar-refractivity contribution in [1.82, 2.24) is 4.98 Å². The van der Waals surface area contributed by atoms with Crippen LogP contribution in [0.3, 0.4) is 0 Å². The number of fused-ring (bicyclic) bond motifs is 2. The number of nitrogens with zero attached hydrogens (tertiary/aromatic N) is 3. The third-order valence-electron chi connectivity index (χ3n) is 6.45. The Morgan fingerprint density at radius 1 is 1.19 bits per heavy atom. The van der Waals surface area contributed by atoms with E-state index in [9.17, 15) is 24.5 Å². The average Bonchev–Trinajstić information content (AvgIpc) is 3.40. The van der Waals surface area contributed by atoms with Gasteiger partial charge in [0.15, 0.2) is 4.34 Å². The Hall–Kier alpha value is -3.51. The lowest BCUT2D eigenvalue weighted by Crippen LogP contribution is -2.30. The Morgan fingerprint density at radius 3 is 2.58 bits per heavy atom. The SMILES string of the molecule is COc1ccc(NC(=O)CSc2nc3ccc(N4C(=O)[C@H]5CCCC[C@@H]5C4=O)cc3s2)c([N+](=O)[O-])c1. The van der Waals surface area contributed by atoms with Gasteiger partial charge in [-0.25, -0.2) is 4.98 Å². The molecule has 0 unspecified atom stereocenters. The number of hydrogen-bond acceptors (Lipinski definition) is 9. The molecule has 0 bridgehead atoms. The standard InChI is InChI=1S/C24H22N4O6S2/c1-34-14-7-9-17(19(11-14)28(32)33)25-21(29)12-35-24-26-18-8-6-13(10-20(18)36-24)27-22(30)15-4-2-3-5-16(15)23(27)31/h6-11,15-16H,2-5,12H2,1H3,(H,25,29)/t15-,16-/m0/s1. The van der Waals surface area contributed by atoms with Gasteiger partial charge in [-0.2, -0.15) is 0 Å². The number of aromatic nitrogens is 1. The van der Waals surface area contributed by atoms with E-state index in [2.05, 4.69) is 10.3 Å². The van der Waals surface area contributed by atoms with E-state index < -0.39 is 10.8 Å². The zero-order valence-electron chi connectivity index (χ0n) is 19.3. The van der Waals surface area contributed by atoms with E-state index in [-0.39, 0.29) is 40.8 Å². The van der Waals surface area contributed by atoms with Crippen LogP contribution in [-0.4, -0.2) is 40.5 Å². The molecule has 186 valence electrons. The summed E-state index contributed by atoms with van der Waals surface area (Å²) in [6.07, 6.45) is 3.47. The maximum absolute atomic E-state index is 12.9. The second kappa shape index (κ2) is 9.86. The molecule has 1 aliphatic carbocycles. The van der Waals surface area contributed by atoms with E-state index in [1.807, 2.05) is 0 Å². The van der Waals surface area contributed by atoms with Gasteiger partial charge in [-0.1, -0.05) is 24.6 Å². The van der Waals surface area contributed by atoms with Crippen molar-refractivity contribution in [2.24, 2.45) is 11.8 Å². The van der Waals surface area contributed by atoms with Crippen LogP contribution >= 0.6 is 23.1 Å². The number of anilines is 2. The highest BCUT2D eigenvalue weighted by atomic mass is 32.2. The molecule has 3 aromatic rings. The predicted molar refractivity (Wildman–Crippen MR) is 137 cm³/mol. The highest BCUT2D eigenvalue weighted by Crippen LogP contribution is 2.41. The van der Waals surface area contributed by atoms with Crippen molar-refractivity contribution in [3.8, 4) is 5.75 Å². The van der Waals surface area contributed by atoms with Gasteiger partial charge in [0.2, 0.25) is 17.7 Å². The summed E-state index contributed by atoms with van der Waals surface area (Å²) in [5.41, 5.74) is 1.08. The molecule has 2 aromatic carbocycles. The van der Waals surface area contributed by atoms with Crippen molar-refractivity contribution in [2.75, 3.05) is 23.1 Å². The average molecular weight is 527 g/mol. The van der Waals surface area contributed by atoms with Crippen molar-refractivity contribution in [3.05, 3.63) is 46.5 Å². The molecule has 2 fully saturated rings. The van der Waals surface area contributed by atoms with Crippen molar-refractivity contribution >= 4 is 68.1 Å². The molecule has 36 heavy (non-hydrogen) atoms. The van der Waals surface area contributed by atoms with E-state index in [1.165, 1.54) is 53.3 Å². The van der Waals surface area contributed by atoms with Gasteiger partial charge in [0.25, 0.3) is 5.69 Å². The Kier molecular flexibility index (Phi) is 6.63. The number of amides is 3. The summed E-state index contributed by atoms with van der Waals surface area (Å²) in [7, 11) is 1.40. The minimum atomic E-state index is -0.582. The fourth-order valence-electron chi connectivity index (χ4n) is 4.72. The Bertz CT molecular complexity index is 1370. The number of thiazole rings is 1. The lowest BCUT2D eigenvalue weighted by molar-refractivity contribution is -0.384. The second-order valence-electron chi connectivity index (χ2n) is 8.62. The number of carbonyl (C=O) groups is 3. The maximum Gasteiger partial charge on any atom is 0.296 e. The van der Waals surface area contributed by atoms with Gasteiger partial charge < -0.3 is 10.1 Å². The molecule has 3 amide bonds.